The second-order valence-corrected chi connectivity index (χ2v) is 2.91. The Hall–Kier alpha value is -1.88. The summed E-state index contributed by atoms with van der Waals surface area (Å²) in [4.78, 5) is 22.0. The molecule has 0 aliphatic carbocycles. The SMILES string of the molecule is CCOCC(=O)Oc1ccccc1C(=O)O. The summed E-state index contributed by atoms with van der Waals surface area (Å²) in [6.07, 6.45) is 0. The van der Waals surface area contributed by atoms with Gasteiger partial charge in [-0.15, -0.1) is 0 Å². The van der Waals surface area contributed by atoms with Crippen molar-refractivity contribution in [3.05, 3.63) is 29.8 Å². The van der Waals surface area contributed by atoms with Gasteiger partial charge < -0.3 is 14.6 Å². The van der Waals surface area contributed by atoms with Crippen LogP contribution in [0.25, 0.3) is 0 Å². The summed E-state index contributed by atoms with van der Waals surface area (Å²) < 4.78 is 9.71. The smallest absolute Gasteiger partial charge is 0.339 e. The van der Waals surface area contributed by atoms with Crippen molar-refractivity contribution < 1.29 is 24.2 Å². The van der Waals surface area contributed by atoms with Gasteiger partial charge in [0.1, 0.15) is 17.9 Å². The van der Waals surface area contributed by atoms with Crippen LogP contribution in [0, 0.1) is 0 Å². The number of carboxylic acid groups (broad SMARTS) is 1. The third-order valence-corrected chi connectivity index (χ3v) is 1.77. The van der Waals surface area contributed by atoms with Crippen molar-refractivity contribution in [3.63, 3.8) is 0 Å². The molecule has 16 heavy (non-hydrogen) atoms. The molecule has 0 saturated carbocycles. The first-order valence-corrected chi connectivity index (χ1v) is 4.76. The number of benzene rings is 1. The predicted octanol–water partition coefficient (Wildman–Crippen LogP) is 1.33. The number of para-hydroxylation sites is 1. The van der Waals surface area contributed by atoms with Crippen LogP contribution in [-0.4, -0.2) is 30.3 Å². The summed E-state index contributed by atoms with van der Waals surface area (Å²) in [6, 6.07) is 5.94. The number of ether oxygens (including phenoxy) is 2. The fraction of sp³-hybridized carbons (Fsp3) is 0.273. The fourth-order valence-corrected chi connectivity index (χ4v) is 1.07. The first kappa shape index (κ1) is 12.2. The lowest BCUT2D eigenvalue weighted by atomic mass is 10.2. The summed E-state index contributed by atoms with van der Waals surface area (Å²) >= 11 is 0. The molecule has 0 fully saturated rings. The van der Waals surface area contributed by atoms with Gasteiger partial charge in [0.25, 0.3) is 0 Å². The second-order valence-electron chi connectivity index (χ2n) is 2.91. The number of carbonyl (C=O) groups is 2. The third-order valence-electron chi connectivity index (χ3n) is 1.77. The molecule has 1 aromatic rings. The largest absolute Gasteiger partial charge is 0.478 e. The summed E-state index contributed by atoms with van der Waals surface area (Å²) in [5.74, 6) is -1.73. The van der Waals surface area contributed by atoms with Gasteiger partial charge in [-0.2, -0.15) is 0 Å². The van der Waals surface area contributed by atoms with Crippen molar-refractivity contribution in [2.75, 3.05) is 13.2 Å². The molecular formula is C11H12O5. The van der Waals surface area contributed by atoms with E-state index in [0.29, 0.717) is 6.61 Å². The maximum Gasteiger partial charge on any atom is 0.339 e. The Morgan fingerprint density at radius 2 is 2.00 bits per heavy atom. The number of carbonyl (C=O) groups excluding carboxylic acids is 1. The van der Waals surface area contributed by atoms with E-state index < -0.39 is 11.9 Å². The molecule has 0 radical (unpaired) electrons. The van der Waals surface area contributed by atoms with E-state index >= 15 is 0 Å². The highest BCUT2D eigenvalue weighted by molar-refractivity contribution is 5.92. The maximum atomic E-state index is 11.2. The molecule has 0 heterocycles. The van der Waals surface area contributed by atoms with E-state index in [-0.39, 0.29) is 17.9 Å². The van der Waals surface area contributed by atoms with Gasteiger partial charge in [-0.05, 0) is 19.1 Å². The van der Waals surface area contributed by atoms with Crippen LogP contribution in [0.15, 0.2) is 24.3 Å². The topological polar surface area (TPSA) is 72.8 Å². The molecule has 5 nitrogen and oxygen atoms in total. The zero-order valence-corrected chi connectivity index (χ0v) is 8.80. The molecule has 0 atom stereocenters. The van der Waals surface area contributed by atoms with Gasteiger partial charge in [-0.1, -0.05) is 12.1 Å². The molecule has 5 heteroatoms. The lowest BCUT2D eigenvalue weighted by Gasteiger charge is -2.06. The van der Waals surface area contributed by atoms with Crippen LogP contribution in [0.5, 0.6) is 5.75 Å². The molecule has 0 saturated heterocycles. The quantitative estimate of drug-likeness (QED) is 0.603. The Bertz CT molecular complexity index is 386. The standard InChI is InChI=1S/C11H12O5/c1-2-15-7-10(12)16-9-6-4-3-5-8(9)11(13)14/h3-6H,2,7H2,1H3,(H,13,14). The Morgan fingerprint density at radius 3 is 2.62 bits per heavy atom. The van der Waals surface area contributed by atoms with Crippen molar-refractivity contribution in [2.45, 2.75) is 6.92 Å². The maximum absolute atomic E-state index is 11.2. The second kappa shape index (κ2) is 5.87. The van der Waals surface area contributed by atoms with Crippen LogP contribution < -0.4 is 4.74 Å². The molecule has 1 aromatic carbocycles. The van der Waals surface area contributed by atoms with Crippen LogP contribution in [0.3, 0.4) is 0 Å². The molecule has 0 spiro atoms. The number of carboxylic acids is 1. The van der Waals surface area contributed by atoms with E-state index in [0.717, 1.165) is 0 Å². The highest BCUT2D eigenvalue weighted by Crippen LogP contribution is 2.17. The van der Waals surface area contributed by atoms with E-state index in [9.17, 15) is 9.59 Å². The summed E-state index contributed by atoms with van der Waals surface area (Å²) in [5.41, 5.74) is -0.0488. The molecular weight excluding hydrogens is 212 g/mol. The summed E-state index contributed by atoms with van der Waals surface area (Å²) in [7, 11) is 0. The van der Waals surface area contributed by atoms with E-state index in [4.69, 9.17) is 14.6 Å². The average molecular weight is 224 g/mol. The van der Waals surface area contributed by atoms with E-state index in [2.05, 4.69) is 0 Å². The van der Waals surface area contributed by atoms with Crippen molar-refractivity contribution in [2.24, 2.45) is 0 Å². The fourth-order valence-electron chi connectivity index (χ4n) is 1.07. The lowest BCUT2D eigenvalue weighted by Crippen LogP contribution is -2.17. The molecule has 86 valence electrons. The molecule has 1 N–H and O–H groups in total. The Kier molecular flexibility index (Phi) is 4.47. The third kappa shape index (κ3) is 3.36. The van der Waals surface area contributed by atoms with Crippen molar-refractivity contribution >= 4 is 11.9 Å². The van der Waals surface area contributed by atoms with E-state index in [1.807, 2.05) is 0 Å². The minimum atomic E-state index is -1.14. The molecule has 1 rings (SSSR count). The Balaban J connectivity index is 2.73. The Morgan fingerprint density at radius 1 is 1.31 bits per heavy atom. The summed E-state index contributed by atoms with van der Waals surface area (Å²) in [5, 5.41) is 8.83. The van der Waals surface area contributed by atoms with Gasteiger partial charge in [0.05, 0.1) is 0 Å². The monoisotopic (exact) mass is 224 g/mol. The average Bonchev–Trinajstić information content (AvgIpc) is 2.27. The van der Waals surface area contributed by atoms with Gasteiger partial charge in [0.15, 0.2) is 0 Å². The van der Waals surface area contributed by atoms with Gasteiger partial charge in [-0.25, -0.2) is 9.59 Å². The Labute approximate surface area is 92.6 Å². The number of hydrogen-bond acceptors (Lipinski definition) is 4. The van der Waals surface area contributed by atoms with Crippen molar-refractivity contribution in [3.8, 4) is 5.75 Å². The highest BCUT2D eigenvalue weighted by Gasteiger charge is 2.13. The molecule has 0 aliphatic heterocycles. The summed E-state index contributed by atoms with van der Waals surface area (Å²) in [6.45, 7) is 1.96. The van der Waals surface area contributed by atoms with Crippen LogP contribution >= 0.6 is 0 Å². The van der Waals surface area contributed by atoms with Crippen molar-refractivity contribution in [1.82, 2.24) is 0 Å². The van der Waals surface area contributed by atoms with Gasteiger partial charge in [0.2, 0.25) is 0 Å². The lowest BCUT2D eigenvalue weighted by molar-refractivity contribution is -0.139. The zero-order chi connectivity index (χ0) is 12.0. The minimum Gasteiger partial charge on any atom is -0.478 e. The van der Waals surface area contributed by atoms with Crippen LogP contribution in [0.4, 0.5) is 0 Å². The normalized spacial score (nSPS) is 9.81. The predicted molar refractivity (Wildman–Crippen MR) is 55.5 cm³/mol. The number of hydrogen-bond donors (Lipinski definition) is 1. The van der Waals surface area contributed by atoms with Gasteiger partial charge in [-0.3, -0.25) is 0 Å². The first-order valence-electron chi connectivity index (χ1n) is 4.76. The molecule has 0 aliphatic rings. The van der Waals surface area contributed by atoms with Gasteiger partial charge in [0, 0.05) is 6.61 Å². The molecule has 0 aromatic heterocycles. The van der Waals surface area contributed by atoms with Crippen LogP contribution in [0.1, 0.15) is 17.3 Å². The van der Waals surface area contributed by atoms with E-state index in [1.165, 1.54) is 12.1 Å². The number of esters is 1. The highest BCUT2D eigenvalue weighted by atomic mass is 16.6. The number of rotatable bonds is 5. The molecule has 0 bridgehead atoms. The van der Waals surface area contributed by atoms with Gasteiger partial charge >= 0.3 is 11.9 Å². The van der Waals surface area contributed by atoms with Crippen LogP contribution in [-0.2, 0) is 9.53 Å². The molecule has 0 amide bonds. The minimum absolute atomic E-state index is 0.0275. The van der Waals surface area contributed by atoms with E-state index in [1.54, 1.807) is 19.1 Å². The zero-order valence-electron chi connectivity index (χ0n) is 8.80. The first-order chi connectivity index (χ1) is 7.65. The van der Waals surface area contributed by atoms with Crippen molar-refractivity contribution in [1.29, 1.82) is 0 Å². The molecule has 0 unspecified atom stereocenters. The number of aromatic carboxylic acids is 1. The van der Waals surface area contributed by atoms with Crippen LogP contribution in [0.2, 0.25) is 0 Å².